The van der Waals surface area contributed by atoms with Crippen LogP contribution in [0.25, 0.3) is 0 Å². The molecule has 0 bridgehead atoms. The van der Waals surface area contributed by atoms with E-state index in [9.17, 15) is 4.79 Å². The fraction of sp³-hybridized carbons (Fsp3) is 0.429. The molecule has 0 amide bonds. The Morgan fingerprint density at radius 2 is 1.94 bits per heavy atom. The Hall–Kier alpha value is -2.02. The Morgan fingerprint density at radius 3 is 2.39 bits per heavy atom. The number of hydrogen-bond donors (Lipinski definition) is 1. The third-order valence-electron chi connectivity index (χ3n) is 2.69. The van der Waals surface area contributed by atoms with Crippen molar-refractivity contribution >= 4 is 11.7 Å². The van der Waals surface area contributed by atoms with Gasteiger partial charge < -0.3 is 10.0 Å². The highest BCUT2D eigenvalue weighted by atomic mass is 16.4. The van der Waals surface area contributed by atoms with Gasteiger partial charge in [0.05, 0.1) is 16.8 Å². The van der Waals surface area contributed by atoms with E-state index in [0.717, 1.165) is 31.6 Å². The van der Waals surface area contributed by atoms with Gasteiger partial charge in [-0.1, -0.05) is 13.8 Å². The van der Waals surface area contributed by atoms with Gasteiger partial charge in [0.2, 0.25) is 0 Å². The number of nitriles is 1. The van der Waals surface area contributed by atoms with Gasteiger partial charge in [-0.25, -0.2) is 4.79 Å². The molecule has 4 nitrogen and oxygen atoms in total. The van der Waals surface area contributed by atoms with Crippen molar-refractivity contribution in [1.82, 2.24) is 0 Å². The third-order valence-corrected chi connectivity index (χ3v) is 2.69. The van der Waals surface area contributed by atoms with Crippen molar-refractivity contribution < 1.29 is 9.90 Å². The molecule has 0 aliphatic rings. The lowest BCUT2D eigenvalue weighted by atomic mass is 10.1. The van der Waals surface area contributed by atoms with Gasteiger partial charge in [-0.2, -0.15) is 5.26 Å². The van der Waals surface area contributed by atoms with E-state index in [2.05, 4.69) is 24.8 Å². The molecule has 1 N–H and O–H groups in total. The number of carbonyl (C=O) groups is 1. The van der Waals surface area contributed by atoms with Crippen LogP contribution < -0.4 is 4.90 Å². The zero-order valence-electron chi connectivity index (χ0n) is 10.8. The normalized spacial score (nSPS) is 9.83. The molecule has 0 spiro atoms. The zero-order chi connectivity index (χ0) is 13.5. The van der Waals surface area contributed by atoms with Gasteiger partial charge in [-0.15, -0.1) is 0 Å². The molecule has 0 unspecified atom stereocenters. The van der Waals surface area contributed by atoms with E-state index < -0.39 is 5.97 Å². The Bertz CT molecular complexity index is 457. The molecule has 0 fully saturated rings. The maximum atomic E-state index is 10.9. The summed E-state index contributed by atoms with van der Waals surface area (Å²) in [6, 6.07) is 6.81. The van der Waals surface area contributed by atoms with Crippen LogP contribution in [0.1, 0.15) is 42.6 Å². The minimum absolute atomic E-state index is 0.156. The lowest BCUT2D eigenvalue weighted by Crippen LogP contribution is -2.25. The molecule has 1 aromatic carbocycles. The fourth-order valence-electron chi connectivity index (χ4n) is 1.93. The number of aromatic carboxylic acids is 1. The summed E-state index contributed by atoms with van der Waals surface area (Å²) < 4.78 is 0. The molecular formula is C14H18N2O2. The van der Waals surface area contributed by atoms with Gasteiger partial charge in [0.15, 0.2) is 0 Å². The molecule has 0 heterocycles. The van der Waals surface area contributed by atoms with Crippen molar-refractivity contribution in [3.8, 4) is 6.07 Å². The van der Waals surface area contributed by atoms with Crippen LogP contribution in [0, 0.1) is 11.3 Å². The van der Waals surface area contributed by atoms with Crippen molar-refractivity contribution in [1.29, 1.82) is 5.26 Å². The first-order valence-corrected chi connectivity index (χ1v) is 6.16. The van der Waals surface area contributed by atoms with Gasteiger partial charge in [0.1, 0.15) is 6.07 Å². The van der Waals surface area contributed by atoms with Crippen LogP contribution in [-0.4, -0.2) is 24.2 Å². The molecule has 18 heavy (non-hydrogen) atoms. The average molecular weight is 246 g/mol. The number of anilines is 1. The van der Waals surface area contributed by atoms with E-state index in [1.807, 2.05) is 0 Å². The summed E-state index contributed by atoms with van der Waals surface area (Å²) in [5.41, 5.74) is 1.41. The lowest BCUT2D eigenvalue weighted by molar-refractivity contribution is 0.0697. The first-order chi connectivity index (χ1) is 8.63. The summed E-state index contributed by atoms with van der Waals surface area (Å²) >= 11 is 0. The molecule has 0 saturated heterocycles. The summed E-state index contributed by atoms with van der Waals surface area (Å²) in [6.07, 6.45) is 1.98. The first-order valence-electron chi connectivity index (χ1n) is 6.16. The minimum Gasteiger partial charge on any atom is -0.478 e. The fourth-order valence-corrected chi connectivity index (χ4v) is 1.93. The summed E-state index contributed by atoms with van der Waals surface area (Å²) in [4.78, 5) is 13.0. The molecule has 0 atom stereocenters. The third kappa shape index (κ3) is 3.24. The molecule has 0 aliphatic carbocycles. The highest BCUT2D eigenvalue weighted by molar-refractivity contribution is 5.89. The zero-order valence-corrected chi connectivity index (χ0v) is 10.8. The predicted molar refractivity (Wildman–Crippen MR) is 70.9 cm³/mol. The van der Waals surface area contributed by atoms with Crippen molar-refractivity contribution in [2.24, 2.45) is 0 Å². The molecule has 4 heteroatoms. The molecule has 96 valence electrons. The van der Waals surface area contributed by atoms with Crippen LogP contribution >= 0.6 is 0 Å². The van der Waals surface area contributed by atoms with E-state index in [1.54, 1.807) is 12.1 Å². The maximum Gasteiger partial charge on any atom is 0.335 e. The summed E-state index contributed by atoms with van der Waals surface area (Å²) in [5, 5.41) is 18.1. The topological polar surface area (TPSA) is 64.3 Å². The number of hydrogen-bond acceptors (Lipinski definition) is 3. The molecule has 0 aromatic heterocycles. The SMILES string of the molecule is CCCN(CCC)c1ccc(C(=O)O)cc1C#N. The maximum absolute atomic E-state index is 10.9. The smallest absolute Gasteiger partial charge is 0.335 e. The lowest BCUT2D eigenvalue weighted by Gasteiger charge is -2.24. The second kappa shape index (κ2) is 6.65. The molecule has 1 aromatic rings. The highest BCUT2D eigenvalue weighted by Crippen LogP contribution is 2.22. The van der Waals surface area contributed by atoms with Crippen LogP contribution in [0.3, 0.4) is 0 Å². The number of carboxylic acids is 1. The van der Waals surface area contributed by atoms with Gasteiger partial charge in [-0.05, 0) is 31.0 Å². The van der Waals surface area contributed by atoms with E-state index >= 15 is 0 Å². The Balaban J connectivity index is 3.14. The van der Waals surface area contributed by atoms with E-state index in [0.29, 0.717) is 5.56 Å². The van der Waals surface area contributed by atoms with Crippen LogP contribution in [0.4, 0.5) is 5.69 Å². The Morgan fingerprint density at radius 1 is 1.33 bits per heavy atom. The molecule has 0 saturated carbocycles. The van der Waals surface area contributed by atoms with Gasteiger partial charge in [-0.3, -0.25) is 0 Å². The Labute approximate surface area is 107 Å². The quantitative estimate of drug-likeness (QED) is 0.838. The second-order valence-corrected chi connectivity index (χ2v) is 4.14. The second-order valence-electron chi connectivity index (χ2n) is 4.14. The summed E-state index contributed by atoms with van der Waals surface area (Å²) in [6.45, 7) is 5.91. The standard InChI is InChI=1S/C14H18N2O2/c1-3-7-16(8-4-2)13-6-5-11(14(17)18)9-12(13)10-15/h5-6,9H,3-4,7-8H2,1-2H3,(H,17,18). The van der Waals surface area contributed by atoms with E-state index in [4.69, 9.17) is 10.4 Å². The largest absolute Gasteiger partial charge is 0.478 e. The van der Waals surface area contributed by atoms with Crippen LogP contribution in [0.2, 0.25) is 0 Å². The van der Waals surface area contributed by atoms with Gasteiger partial charge in [0, 0.05) is 13.1 Å². The Kier molecular flexibility index (Phi) is 5.19. The van der Waals surface area contributed by atoms with Gasteiger partial charge in [0.25, 0.3) is 0 Å². The van der Waals surface area contributed by atoms with Gasteiger partial charge >= 0.3 is 5.97 Å². The average Bonchev–Trinajstić information content (AvgIpc) is 2.37. The van der Waals surface area contributed by atoms with Crippen LogP contribution in [0.5, 0.6) is 0 Å². The van der Waals surface area contributed by atoms with E-state index in [-0.39, 0.29) is 5.56 Å². The number of rotatable bonds is 6. The first kappa shape index (κ1) is 14.0. The summed E-state index contributed by atoms with van der Waals surface area (Å²) in [5.74, 6) is -1.00. The van der Waals surface area contributed by atoms with E-state index in [1.165, 1.54) is 6.07 Å². The van der Waals surface area contributed by atoms with Crippen LogP contribution in [-0.2, 0) is 0 Å². The molecular weight excluding hydrogens is 228 g/mol. The molecule has 1 rings (SSSR count). The molecule has 0 radical (unpaired) electrons. The predicted octanol–water partition coefficient (Wildman–Crippen LogP) is 2.88. The molecule has 0 aliphatic heterocycles. The van der Waals surface area contributed by atoms with Crippen molar-refractivity contribution in [3.63, 3.8) is 0 Å². The van der Waals surface area contributed by atoms with Crippen molar-refractivity contribution in [3.05, 3.63) is 29.3 Å². The number of nitrogens with zero attached hydrogens (tertiary/aromatic N) is 2. The summed E-state index contributed by atoms with van der Waals surface area (Å²) in [7, 11) is 0. The number of carboxylic acid groups (broad SMARTS) is 1. The number of benzene rings is 1. The van der Waals surface area contributed by atoms with Crippen LogP contribution in [0.15, 0.2) is 18.2 Å². The monoisotopic (exact) mass is 246 g/mol. The van der Waals surface area contributed by atoms with Crippen molar-refractivity contribution in [2.45, 2.75) is 26.7 Å². The minimum atomic E-state index is -1.00. The van der Waals surface area contributed by atoms with Crippen molar-refractivity contribution in [2.75, 3.05) is 18.0 Å². The highest BCUT2D eigenvalue weighted by Gasteiger charge is 2.12.